The SMILES string of the molecule is CCC(O)CN(Cc1nnc(C2CC2)o1)c1ccccc1. The van der Waals surface area contributed by atoms with Gasteiger partial charge in [-0.05, 0) is 31.4 Å². The lowest BCUT2D eigenvalue weighted by Gasteiger charge is -2.25. The zero-order valence-electron chi connectivity index (χ0n) is 12.3. The lowest BCUT2D eigenvalue weighted by atomic mass is 10.2. The molecule has 0 amide bonds. The van der Waals surface area contributed by atoms with Crippen molar-refractivity contribution in [3.63, 3.8) is 0 Å². The molecule has 1 atom stereocenters. The van der Waals surface area contributed by atoms with Crippen molar-refractivity contribution in [2.24, 2.45) is 0 Å². The number of aliphatic hydroxyl groups excluding tert-OH is 1. The standard InChI is InChI=1S/C16H21N3O2/c1-2-14(20)10-19(13-6-4-3-5-7-13)11-15-17-18-16(21-15)12-8-9-12/h3-7,12,14,20H,2,8-11H2,1H3. The van der Waals surface area contributed by atoms with Gasteiger partial charge >= 0.3 is 0 Å². The van der Waals surface area contributed by atoms with Gasteiger partial charge in [-0.3, -0.25) is 0 Å². The van der Waals surface area contributed by atoms with Crippen LogP contribution in [0.4, 0.5) is 5.69 Å². The summed E-state index contributed by atoms with van der Waals surface area (Å²) >= 11 is 0. The first-order chi connectivity index (χ1) is 10.3. The summed E-state index contributed by atoms with van der Waals surface area (Å²) in [5, 5.41) is 18.2. The summed E-state index contributed by atoms with van der Waals surface area (Å²) in [6.45, 7) is 3.06. The molecule has 0 bridgehead atoms. The summed E-state index contributed by atoms with van der Waals surface area (Å²) in [5.41, 5.74) is 1.05. The van der Waals surface area contributed by atoms with Crippen molar-refractivity contribution in [2.45, 2.75) is 44.8 Å². The highest BCUT2D eigenvalue weighted by Gasteiger charge is 2.29. The quantitative estimate of drug-likeness (QED) is 0.848. The van der Waals surface area contributed by atoms with Crippen LogP contribution in [0.15, 0.2) is 34.7 Å². The number of rotatable bonds is 7. The van der Waals surface area contributed by atoms with Crippen molar-refractivity contribution in [3.05, 3.63) is 42.1 Å². The minimum absolute atomic E-state index is 0.365. The van der Waals surface area contributed by atoms with E-state index in [0.717, 1.165) is 30.8 Å². The van der Waals surface area contributed by atoms with E-state index in [-0.39, 0.29) is 6.10 Å². The van der Waals surface area contributed by atoms with Crippen molar-refractivity contribution in [3.8, 4) is 0 Å². The van der Waals surface area contributed by atoms with Crippen molar-refractivity contribution in [1.82, 2.24) is 10.2 Å². The van der Waals surface area contributed by atoms with Crippen LogP contribution in [0.5, 0.6) is 0 Å². The first-order valence-corrected chi connectivity index (χ1v) is 7.56. The zero-order valence-corrected chi connectivity index (χ0v) is 12.3. The van der Waals surface area contributed by atoms with Crippen LogP contribution < -0.4 is 4.90 Å². The molecular weight excluding hydrogens is 266 g/mol. The number of benzene rings is 1. The average Bonchev–Trinajstić information content (AvgIpc) is 3.27. The number of nitrogens with zero attached hydrogens (tertiary/aromatic N) is 3. The second-order valence-electron chi connectivity index (χ2n) is 5.59. The maximum absolute atomic E-state index is 9.96. The molecule has 0 aliphatic heterocycles. The molecule has 21 heavy (non-hydrogen) atoms. The van der Waals surface area contributed by atoms with E-state index >= 15 is 0 Å². The molecule has 1 fully saturated rings. The van der Waals surface area contributed by atoms with Crippen LogP contribution in [0.25, 0.3) is 0 Å². The first-order valence-electron chi connectivity index (χ1n) is 7.56. The molecule has 1 saturated carbocycles. The Morgan fingerprint density at radius 2 is 2.05 bits per heavy atom. The van der Waals surface area contributed by atoms with Gasteiger partial charge in [-0.1, -0.05) is 25.1 Å². The third-order valence-corrected chi connectivity index (χ3v) is 3.76. The highest BCUT2D eigenvalue weighted by molar-refractivity contribution is 5.46. The van der Waals surface area contributed by atoms with Gasteiger partial charge in [-0.25, -0.2) is 0 Å². The average molecular weight is 287 g/mol. The number of aromatic nitrogens is 2. The summed E-state index contributed by atoms with van der Waals surface area (Å²) in [5.74, 6) is 1.84. The number of hydrogen-bond donors (Lipinski definition) is 1. The fourth-order valence-electron chi connectivity index (χ4n) is 2.27. The van der Waals surface area contributed by atoms with Crippen LogP contribution in [0, 0.1) is 0 Å². The minimum Gasteiger partial charge on any atom is -0.423 e. The maximum atomic E-state index is 9.96. The molecule has 112 valence electrons. The molecule has 1 aliphatic rings. The van der Waals surface area contributed by atoms with Gasteiger partial charge in [0.25, 0.3) is 0 Å². The Bertz CT molecular complexity index is 566. The molecule has 1 aliphatic carbocycles. The third kappa shape index (κ3) is 3.61. The van der Waals surface area contributed by atoms with Gasteiger partial charge in [0, 0.05) is 18.2 Å². The van der Waals surface area contributed by atoms with Crippen LogP contribution in [0.2, 0.25) is 0 Å². The molecule has 3 rings (SSSR count). The molecule has 5 heteroatoms. The van der Waals surface area contributed by atoms with Gasteiger partial charge < -0.3 is 14.4 Å². The molecule has 5 nitrogen and oxygen atoms in total. The highest BCUT2D eigenvalue weighted by Crippen LogP contribution is 2.39. The Morgan fingerprint density at radius 3 is 2.71 bits per heavy atom. The van der Waals surface area contributed by atoms with Crippen LogP contribution in [0.3, 0.4) is 0 Å². The van der Waals surface area contributed by atoms with Gasteiger partial charge in [0.2, 0.25) is 11.8 Å². The van der Waals surface area contributed by atoms with Crippen molar-refractivity contribution < 1.29 is 9.52 Å². The van der Waals surface area contributed by atoms with E-state index in [4.69, 9.17) is 4.42 Å². The maximum Gasteiger partial charge on any atom is 0.235 e. The van der Waals surface area contributed by atoms with Crippen LogP contribution in [-0.2, 0) is 6.54 Å². The van der Waals surface area contributed by atoms with Gasteiger partial charge in [0.15, 0.2) is 0 Å². The smallest absolute Gasteiger partial charge is 0.235 e. The van der Waals surface area contributed by atoms with Gasteiger partial charge in [0.05, 0.1) is 12.6 Å². The molecule has 1 aromatic carbocycles. The second kappa shape index (κ2) is 6.26. The number of para-hydroxylation sites is 1. The zero-order chi connectivity index (χ0) is 14.7. The fraction of sp³-hybridized carbons (Fsp3) is 0.500. The molecule has 0 saturated heterocycles. The summed E-state index contributed by atoms with van der Waals surface area (Å²) in [4.78, 5) is 2.08. The molecule has 1 heterocycles. The molecule has 1 N–H and O–H groups in total. The van der Waals surface area contributed by atoms with E-state index in [0.29, 0.717) is 24.9 Å². The van der Waals surface area contributed by atoms with Crippen molar-refractivity contribution in [2.75, 3.05) is 11.4 Å². The topological polar surface area (TPSA) is 62.4 Å². The largest absolute Gasteiger partial charge is 0.423 e. The normalized spacial score (nSPS) is 15.9. The van der Waals surface area contributed by atoms with E-state index in [1.807, 2.05) is 37.3 Å². The summed E-state index contributed by atoms with van der Waals surface area (Å²) < 4.78 is 5.73. The van der Waals surface area contributed by atoms with Crippen molar-refractivity contribution in [1.29, 1.82) is 0 Å². The van der Waals surface area contributed by atoms with Gasteiger partial charge in [0.1, 0.15) is 0 Å². The van der Waals surface area contributed by atoms with Crippen LogP contribution in [0.1, 0.15) is 43.9 Å². The van der Waals surface area contributed by atoms with Crippen LogP contribution in [-0.4, -0.2) is 28.0 Å². The van der Waals surface area contributed by atoms with E-state index < -0.39 is 0 Å². The Balaban J connectivity index is 1.74. The second-order valence-corrected chi connectivity index (χ2v) is 5.59. The predicted molar refractivity (Wildman–Crippen MR) is 80.1 cm³/mol. The third-order valence-electron chi connectivity index (χ3n) is 3.76. The molecule has 0 spiro atoms. The number of hydrogen-bond acceptors (Lipinski definition) is 5. The molecule has 1 unspecified atom stereocenters. The summed E-state index contributed by atoms with van der Waals surface area (Å²) in [6.07, 6.45) is 2.66. The van der Waals surface area contributed by atoms with E-state index in [9.17, 15) is 5.11 Å². The van der Waals surface area contributed by atoms with E-state index in [2.05, 4.69) is 15.1 Å². The Labute approximate surface area is 124 Å². The van der Waals surface area contributed by atoms with Crippen molar-refractivity contribution >= 4 is 5.69 Å². The first kappa shape index (κ1) is 14.1. The fourth-order valence-corrected chi connectivity index (χ4v) is 2.27. The van der Waals surface area contributed by atoms with E-state index in [1.165, 1.54) is 0 Å². The monoisotopic (exact) mass is 287 g/mol. The lowest BCUT2D eigenvalue weighted by molar-refractivity contribution is 0.174. The van der Waals surface area contributed by atoms with Crippen LogP contribution >= 0.6 is 0 Å². The van der Waals surface area contributed by atoms with Gasteiger partial charge in [-0.2, -0.15) is 0 Å². The Morgan fingerprint density at radius 1 is 1.29 bits per heavy atom. The van der Waals surface area contributed by atoms with E-state index in [1.54, 1.807) is 0 Å². The molecule has 2 aromatic rings. The van der Waals surface area contributed by atoms with Gasteiger partial charge in [-0.15, -0.1) is 10.2 Å². The molecular formula is C16H21N3O2. The highest BCUT2D eigenvalue weighted by atomic mass is 16.4. The molecule has 1 aromatic heterocycles. The molecule has 0 radical (unpaired) electrons. The lowest BCUT2D eigenvalue weighted by Crippen LogP contribution is -2.31. The number of aliphatic hydroxyl groups is 1. The minimum atomic E-state index is -0.365. The predicted octanol–water partition coefficient (Wildman–Crippen LogP) is 2.72. The Kier molecular flexibility index (Phi) is 4.20. The Hall–Kier alpha value is -1.88. The summed E-state index contributed by atoms with van der Waals surface area (Å²) in [6, 6.07) is 10.0. The summed E-state index contributed by atoms with van der Waals surface area (Å²) in [7, 11) is 0. The number of anilines is 1.